The number of carbonyl (C=O) groups excluding carboxylic acids is 1. The number of ketones is 1. The van der Waals surface area contributed by atoms with Crippen LogP contribution >= 0.6 is 11.8 Å². The van der Waals surface area contributed by atoms with Gasteiger partial charge in [-0.05, 0) is 37.1 Å². The van der Waals surface area contributed by atoms with Crippen LogP contribution < -0.4 is 10.6 Å². The van der Waals surface area contributed by atoms with E-state index in [2.05, 4.69) is 47.4 Å². The molecule has 0 radical (unpaired) electrons. The molecule has 1 aromatic carbocycles. The molecule has 0 amide bonds. The maximum Gasteiger partial charge on any atom is 0.191 e. The molecule has 2 N–H and O–H groups in total. The number of carbonyl (C=O) groups is 1. The predicted octanol–water partition coefficient (Wildman–Crippen LogP) is 5.81. The van der Waals surface area contributed by atoms with Crippen molar-refractivity contribution in [1.82, 2.24) is 9.97 Å². The molecule has 29 heavy (non-hydrogen) atoms. The van der Waals surface area contributed by atoms with Crippen molar-refractivity contribution >= 4 is 34.9 Å². The van der Waals surface area contributed by atoms with Gasteiger partial charge in [0.05, 0.1) is 0 Å². The third-order valence-electron chi connectivity index (χ3n) is 3.87. The number of rotatable bonds is 6. The van der Waals surface area contributed by atoms with E-state index in [0.717, 1.165) is 11.3 Å². The summed E-state index contributed by atoms with van der Waals surface area (Å²) < 4.78 is 0. The van der Waals surface area contributed by atoms with Crippen molar-refractivity contribution in [3.63, 3.8) is 0 Å². The van der Waals surface area contributed by atoms with Crippen molar-refractivity contribution in [2.45, 2.75) is 53.6 Å². The smallest absolute Gasteiger partial charge is 0.191 e. The molecule has 1 heterocycles. The highest BCUT2D eigenvalue weighted by Gasteiger charge is 2.18. The number of Topliss-reactive ketones (excluding diaryl/α,β-unsaturated/α-hetero) is 1. The van der Waals surface area contributed by atoms with Crippen LogP contribution in [0.15, 0.2) is 23.4 Å². The van der Waals surface area contributed by atoms with Gasteiger partial charge in [-0.15, -0.1) is 0 Å². The molecule has 156 valence electrons. The number of hydrogen-bond acceptors (Lipinski definition) is 7. The first-order valence-electron chi connectivity index (χ1n) is 9.63. The molecule has 0 aliphatic rings. The molecule has 2 rings (SSSR count). The lowest BCUT2D eigenvalue weighted by Gasteiger charge is -2.20. The molecule has 0 bridgehead atoms. The molecule has 0 aliphatic heterocycles. The van der Waals surface area contributed by atoms with Gasteiger partial charge in [-0.3, -0.25) is 4.79 Å². The third kappa shape index (κ3) is 7.06. The maximum atomic E-state index is 11.7. The van der Waals surface area contributed by atoms with Crippen LogP contribution in [0.3, 0.4) is 0 Å². The van der Waals surface area contributed by atoms with Gasteiger partial charge in [0.25, 0.3) is 0 Å². The first-order valence-corrected chi connectivity index (χ1v) is 10.9. The van der Waals surface area contributed by atoms with Crippen molar-refractivity contribution in [3.8, 4) is 6.07 Å². The van der Waals surface area contributed by atoms with Gasteiger partial charge in [-0.25, -0.2) is 9.97 Å². The number of hydrogen-bond donors (Lipinski definition) is 2. The number of benzene rings is 1. The Bertz CT molecular complexity index is 897. The fourth-order valence-electron chi connectivity index (χ4n) is 2.31. The first kappa shape index (κ1) is 24.4. The summed E-state index contributed by atoms with van der Waals surface area (Å²) in [6.07, 6.45) is 1.89. The van der Waals surface area contributed by atoms with Gasteiger partial charge in [0.15, 0.2) is 22.6 Å². The lowest BCUT2D eigenvalue weighted by molar-refractivity contribution is 0.101. The Labute approximate surface area is 178 Å². The van der Waals surface area contributed by atoms with E-state index in [4.69, 9.17) is 0 Å². The molecule has 0 saturated carbocycles. The van der Waals surface area contributed by atoms with Crippen LogP contribution in [-0.2, 0) is 0 Å². The van der Waals surface area contributed by atoms with Crippen LogP contribution in [0.2, 0.25) is 0 Å². The van der Waals surface area contributed by atoms with Crippen molar-refractivity contribution in [2.75, 3.05) is 23.4 Å². The van der Waals surface area contributed by atoms with Gasteiger partial charge >= 0.3 is 0 Å². The quantitative estimate of drug-likeness (QED) is 0.351. The molecule has 0 saturated heterocycles. The van der Waals surface area contributed by atoms with Crippen LogP contribution in [0.25, 0.3) is 0 Å². The normalized spacial score (nSPS) is 10.4. The third-order valence-corrected chi connectivity index (χ3v) is 4.41. The number of nitrogens with one attached hydrogen (secondary N) is 2. The summed E-state index contributed by atoms with van der Waals surface area (Å²) in [7, 11) is 0. The Kier molecular flexibility index (Phi) is 9.12. The van der Waals surface area contributed by atoms with E-state index in [1.165, 1.54) is 18.7 Å². The Morgan fingerprint density at radius 3 is 2.34 bits per heavy atom. The van der Waals surface area contributed by atoms with Crippen LogP contribution in [0.1, 0.15) is 63.0 Å². The van der Waals surface area contributed by atoms with Gasteiger partial charge in [-0.2, -0.15) is 5.26 Å². The van der Waals surface area contributed by atoms with Crippen molar-refractivity contribution in [3.05, 3.63) is 34.9 Å². The molecule has 1 aromatic heterocycles. The first-order chi connectivity index (χ1) is 13.6. The zero-order chi connectivity index (χ0) is 22.2. The van der Waals surface area contributed by atoms with Gasteiger partial charge in [0.1, 0.15) is 11.6 Å². The van der Waals surface area contributed by atoms with Gasteiger partial charge < -0.3 is 10.6 Å². The van der Waals surface area contributed by atoms with E-state index < -0.39 is 0 Å². The highest BCUT2D eigenvalue weighted by molar-refractivity contribution is 7.98. The van der Waals surface area contributed by atoms with Crippen LogP contribution in [0.4, 0.5) is 17.3 Å². The van der Waals surface area contributed by atoms with Crippen molar-refractivity contribution in [1.29, 1.82) is 5.26 Å². The topological polar surface area (TPSA) is 90.7 Å². The SMILES string of the molecule is CC.CSc1nc(NCC(C)(C)C)c(C#N)c(Nc2cc(C(C)=O)ccc2C)n1. The second-order valence-corrected chi connectivity index (χ2v) is 8.29. The van der Waals surface area contributed by atoms with E-state index in [1.54, 1.807) is 12.1 Å². The highest BCUT2D eigenvalue weighted by atomic mass is 32.2. The number of nitriles is 1. The molecule has 7 heteroatoms. The van der Waals surface area contributed by atoms with Crippen LogP contribution in [0.5, 0.6) is 0 Å². The zero-order valence-electron chi connectivity index (χ0n) is 18.6. The molecule has 0 unspecified atom stereocenters. The van der Waals surface area contributed by atoms with E-state index in [0.29, 0.717) is 34.5 Å². The van der Waals surface area contributed by atoms with Gasteiger partial charge in [-0.1, -0.05) is 58.5 Å². The largest absolute Gasteiger partial charge is 0.368 e. The van der Waals surface area contributed by atoms with Gasteiger partial charge in [0.2, 0.25) is 0 Å². The number of anilines is 3. The molecule has 2 aromatic rings. The Morgan fingerprint density at radius 1 is 1.21 bits per heavy atom. The molecule has 0 atom stereocenters. The summed E-state index contributed by atoms with van der Waals surface area (Å²) in [6.45, 7) is 14.5. The molecule has 0 aliphatic carbocycles. The van der Waals surface area contributed by atoms with Crippen LogP contribution in [0, 0.1) is 23.7 Å². The lowest BCUT2D eigenvalue weighted by atomic mass is 9.97. The average Bonchev–Trinajstić information content (AvgIpc) is 2.68. The average molecular weight is 414 g/mol. The van der Waals surface area contributed by atoms with E-state index >= 15 is 0 Å². The van der Waals surface area contributed by atoms with E-state index in [-0.39, 0.29) is 11.2 Å². The van der Waals surface area contributed by atoms with Gasteiger partial charge in [0, 0.05) is 17.8 Å². The minimum atomic E-state index is -0.0152. The number of thioether (sulfide) groups is 1. The summed E-state index contributed by atoms with van der Waals surface area (Å²) in [5.74, 6) is 0.922. The summed E-state index contributed by atoms with van der Waals surface area (Å²) >= 11 is 1.41. The number of aryl methyl sites for hydroxylation is 1. The zero-order valence-corrected chi connectivity index (χ0v) is 19.4. The van der Waals surface area contributed by atoms with E-state index in [1.807, 2.05) is 33.1 Å². The summed E-state index contributed by atoms with van der Waals surface area (Å²) in [5.41, 5.74) is 2.69. The van der Waals surface area contributed by atoms with E-state index in [9.17, 15) is 10.1 Å². The standard InChI is InChI=1S/C20H25N5OS.C2H6/c1-12-7-8-14(13(2)26)9-16(12)23-18-15(10-21)17(22-11-20(3,4)5)24-19(25-18)27-6;1-2/h7-9H,11H2,1-6H3,(H2,22,23,24,25);1-2H3. The molecule has 0 spiro atoms. The fourth-order valence-corrected chi connectivity index (χ4v) is 2.67. The fraction of sp³-hybridized carbons (Fsp3) is 0.455. The number of aromatic nitrogens is 2. The summed E-state index contributed by atoms with van der Waals surface area (Å²) in [4.78, 5) is 20.6. The predicted molar refractivity (Wildman–Crippen MR) is 122 cm³/mol. The Hall–Kier alpha value is -2.59. The number of nitrogens with zero attached hydrogens (tertiary/aromatic N) is 3. The second kappa shape index (κ2) is 10.8. The summed E-state index contributed by atoms with van der Waals surface area (Å²) in [6, 6.07) is 7.65. The minimum absolute atomic E-state index is 0.0152. The molecular formula is C22H31N5OS. The Morgan fingerprint density at radius 2 is 1.83 bits per heavy atom. The van der Waals surface area contributed by atoms with Crippen LogP contribution in [-0.4, -0.2) is 28.6 Å². The van der Waals surface area contributed by atoms with Crippen molar-refractivity contribution < 1.29 is 4.79 Å². The minimum Gasteiger partial charge on any atom is -0.368 e. The summed E-state index contributed by atoms with van der Waals surface area (Å²) in [5, 5.41) is 16.8. The second-order valence-electron chi connectivity index (χ2n) is 7.52. The Balaban J connectivity index is 0.00000204. The monoisotopic (exact) mass is 413 g/mol. The molecule has 0 fully saturated rings. The highest BCUT2D eigenvalue weighted by Crippen LogP contribution is 2.29. The lowest BCUT2D eigenvalue weighted by Crippen LogP contribution is -2.21. The molecular weight excluding hydrogens is 382 g/mol. The molecule has 6 nitrogen and oxygen atoms in total. The van der Waals surface area contributed by atoms with Crippen molar-refractivity contribution in [2.24, 2.45) is 5.41 Å². The maximum absolute atomic E-state index is 11.7.